The Bertz CT molecular complexity index is 781. The van der Waals surface area contributed by atoms with Crippen LogP contribution in [0.25, 0.3) is 0 Å². The van der Waals surface area contributed by atoms with E-state index in [4.69, 9.17) is 4.74 Å². The van der Waals surface area contributed by atoms with Gasteiger partial charge in [-0.2, -0.15) is 0 Å². The second-order valence-corrected chi connectivity index (χ2v) is 5.95. The Morgan fingerprint density at radius 3 is 2.58 bits per heavy atom. The monoisotopic (exact) mass is 420 g/mol. The summed E-state index contributed by atoms with van der Waals surface area (Å²) < 4.78 is 19.2. The highest BCUT2D eigenvalue weighted by molar-refractivity contribution is 8.93. The van der Waals surface area contributed by atoms with Crippen molar-refractivity contribution in [1.29, 1.82) is 0 Å². The number of halogens is 2. The van der Waals surface area contributed by atoms with Crippen molar-refractivity contribution in [2.45, 2.75) is 19.3 Å². The summed E-state index contributed by atoms with van der Waals surface area (Å²) in [4.78, 5) is 19.2. The maximum absolute atomic E-state index is 14.2. The summed E-state index contributed by atoms with van der Waals surface area (Å²) in [6, 6.07) is 14.0. The van der Waals surface area contributed by atoms with Gasteiger partial charge in [0, 0.05) is 24.7 Å². The first-order valence-corrected chi connectivity index (χ1v) is 8.41. The summed E-state index contributed by atoms with van der Waals surface area (Å²) in [6.07, 6.45) is 2.94. The van der Waals surface area contributed by atoms with Crippen molar-refractivity contribution in [1.82, 2.24) is 0 Å². The number of ketones is 1. The first-order chi connectivity index (χ1) is 12.2. The minimum atomic E-state index is -0.567. The van der Waals surface area contributed by atoms with E-state index in [1.165, 1.54) is 19.2 Å². The van der Waals surface area contributed by atoms with Gasteiger partial charge >= 0.3 is 0 Å². The topological polar surface area (TPSA) is 41.9 Å². The predicted octanol–water partition coefficient (Wildman–Crippen LogP) is 4.68. The zero-order chi connectivity index (χ0) is 17.6. The lowest BCUT2D eigenvalue weighted by Crippen LogP contribution is -2.37. The third kappa shape index (κ3) is 4.69. The molecule has 0 atom stereocenters. The van der Waals surface area contributed by atoms with Gasteiger partial charge in [0.1, 0.15) is 17.4 Å². The molecule has 0 spiro atoms. The van der Waals surface area contributed by atoms with Crippen molar-refractivity contribution < 1.29 is 13.9 Å². The molecule has 26 heavy (non-hydrogen) atoms. The zero-order valence-corrected chi connectivity index (χ0v) is 16.4. The minimum Gasteiger partial charge on any atom is -0.497 e. The molecule has 2 aromatic rings. The Kier molecular flexibility index (Phi) is 7.33. The number of carbonyl (C=O) groups is 1. The first kappa shape index (κ1) is 20.1. The summed E-state index contributed by atoms with van der Waals surface area (Å²) >= 11 is 0. The molecule has 3 rings (SSSR count). The van der Waals surface area contributed by atoms with E-state index in [0.717, 1.165) is 37.3 Å². The maximum Gasteiger partial charge on any atom is 0.185 e. The fraction of sp³-hybridized carbons (Fsp3) is 0.300. The number of rotatable bonds is 5. The van der Waals surface area contributed by atoms with Crippen LogP contribution in [0.4, 0.5) is 10.1 Å². The Hall–Kier alpha value is -2.21. The van der Waals surface area contributed by atoms with Crippen LogP contribution in [-0.2, 0) is 0 Å². The number of aliphatic imine (C=N–C) groups is 1. The molecule has 0 bridgehead atoms. The van der Waals surface area contributed by atoms with Crippen molar-refractivity contribution in [3.05, 3.63) is 59.9 Å². The van der Waals surface area contributed by atoms with E-state index in [-0.39, 0.29) is 34.9 Å². The van der Waals surface area contributed by atoms with E-state index in [1.54, 1.807) is 6.07 Å². The van der Waals surface area contributed by atoms with Gasteiger partial charge in [-0.15, -0.1) is 17.0 Å². The molecule has 0 saturated carbocycles. The smallest absolute Gasteiger partial charge is 0.185 e. The zero-order valence-electron chi connectivity index (χ0n) is 14.7. The number of hydrogen-bond acceptors (Lipinski definition) is 4. The third-order valence-corrected chi connectivity index (χ3v) is 4.26. The molecule has 0 aliphatic carbocycles. The number of anilines is 1. The normalized spacial score (nSPS) is 13.4. The number of hydrogen-bond donors (Lipinski definition) is 0. The van der Waals surface area contributed by atoms with Crippen LogP contribution < -0.4 is 9.64 Å². The van der Waals surface area contributed by atoms with Crippen molar-refractivity contribution in [2.75, 3.05) is 25.1 Å². The van der Waals surface area contributed by atoms with E-state index in [0.29, 0.717) is 5.75 Å². The first-order valence-electron chi connectivity index (χ1n) is 8.41. The van der Waals surface area contributed by atoms with Gasteiger partial charge in [0.15, 0.2) is 5.78 Å². The largest absolute Gasteiger partial charge is 0.497 e. The molecule has 0 radical (unpaired) electrons. The molecule has 0 saturated heterocycles. The average Bonchev–Trinajstić information content (AvgIpc) is 2.67. The standard InChI is InChI=1S/C20H21FN2O2.BrH/c1-25-16-10-11-17(18(21)13-16)19(24)14-23(15-7-3-2-4-8-15)20-9-5-6-12-22-20;/h2-4,7-8,10-11,13H,5-6,9,12,14H2,1H3;1H. The summed E-state index contributed by atoms with van der Waals surface area (Å²) in [6.45, 7) is 0.829. The van der Waals surface area contributed by atoms with Gasteiger partial charge in [-0.3, -0.25) is 9.79 Å². The molecule has 0 N–H and O–H groups in total. The predicted molar refractivity (Wildman–Crippen MR) is 108 cm³/mol. The van der Waals surface area contributed by atoms with Crippen LogP contribution in [0.5, 0.6) is 5.75 Å². The van der Waals surface area contributed by atoms with Crippen LogP contribution in [0, 0.1) is 5.82 Å². The summed E-state index contributed by atoms with van der Waals surface area (Å²) in [7, 11) is 1.47. The molecule has 0 amide bonds. The fourth-order valence-corrected chi connectivity index (χ4v) is 2.92. The van der Waals surface area contributed by atoms with E-state index in [1.807, 2.05) is 35.2 Å². The minimum absolute atomic E-state index is 0. The second kappa shape index (κ2) is 9.48. The van der Waals surface area contributed by atoms with Crippen LogP contribution in [-0.4, -0.2) is 31.8 Å². The van der Waals surface area contributed by atoms with E-state index in [2.05, 4.69) is 4.99 Å². The second-order valence-electron chi connectivity index (χ2n) is 5.95. The van der Waals surface area contributed by atoms with E-state index < -0.39 is 5.82 Å². The molecule has 6 heteroatoms. The van der Waals surface area contributed by atoms with Crippen molar-refractivity contribution in [3.63, 3.8) is 0 Å². The number of para-hydroxylation sites is 1. The Morgan fingerprint density at radius 2 is 1.96 bits per heavy atom. The highest BCUT2D eigenvalue weighted by Crippen LogP contribution is 2.21. The highest BCUT2D eigenvalue weighted by atomic mass is 79.9. The number of amidine groups is 1. The molecule has 0 aromatic heterocycles. The van der Waals surface area contributed by atoms with Crippen molar-refractivity contribution >= 4 is 34.3 Å². The van der Waals surface area contributed by atoms with Gasteiger partial charge in [0.05, 0.1) is 19.2 Å². The number of nitrogens with zero attached hydrogens (tertiary/aromatic N) is 2. The molecule has 0 fully saturated rings. The van der Waals surface area contributed by atoms with Gasteiger partial charge in [-0.25, -0.2) is 4.39 Å². The van der Waals surface area contributed by atoms with Crippen LogP contribution in [0.1, 0.15) is 29.6 Å². The van der Waals surface area contributed by atoms with Crippen LogP contribution >= 0.6 is 17.0 Å². The SMILES string of the molecule is Br.COc1ccc(C(=O)CN(C2=NCCCC2)c2ccccc2)c(F)c1. The van der Waals surface area contributed by atoms with Gasteiger partial charge in [-0.1, -0.05) is 18.2 Å². The number of carbonyl (C=O) groups excluding carboxylic acids is 1. The molecule has 138 valence electrons. The van der Waals surface area contributed by atoms with Gasteiger partial charge in [-0.05, 0) is 37.1 Å². The maximum atomic E-state index is 14.2. The van der Waals surface area contributed by atoms with Crippen LogP contribution in [0.3, 0.4) is 0 Å². The van der Waals surface area contributed by atoms with E-state index in [9.17, 15) is 9.18 Å². The molecular formula is C20H22BrFN2O2. The van der Waals surface area contributed by atoms with Gasteiger partial charge in [0.25, 0.3) is 0 Å². The molecule has 1 aliphatic heterocycles. The lowest BCUT2D eigenvalue weighted by atomic mass is 10.1. The number of ether oxygens (including phenoxy) is 1. The lowest BCUT2D eigenvalue weighted by molar-refractivity contribution is 0.0998. The lowest BCUT2D eigenvalue weighted by Gasteiger charge is -2.28. The van der Waals surface area contributed by atoms with Crippen molar-refractivity contribution in [2.24, 2.45) is 4.99 Å². The molecule has 1 heterocycles. The number of methoxy groups -OCH3 is 1. The molecule has 4 nitrogen and oxygen atoms in total. The average molecular weight is 421 g/mol. The summed E-state index contributed by atoms with van der Waals surface area (Å²) in [5.74, 6) is 0.436. The highest BCUT2D eigenvalue weighted by Gasteiger charge is 2.21. The third-order valence-electron chi connectivity index (χ3n) is 4.26. The molecular weight excluding hydrogens is 399 g/mol. The molecule has 1 aliphatic rings. The summed E-state index contributed by atoms with van der Waals surface area (Å²) in [5.41, 5.74) is 0.962. The van der Waals surface area contributed by atoms with Crippen molar-refractivity contribution in [3.8, 4) is 5.75 Å². The van der Waals surface area contributed by atoms with Crippen LogP contribution in [0.2, 0.25) is 0 Å². The number of Topliss-reactive ketones (excluding diaryl/α,β-unsaturated/α-hetero) is 1. The quantitative estimate of drug-likeness (QED) is 0.659. The Labute approximate surface area is 163 Å². The van der Waals surface area contributed by atoms with Gasteiger partial charge < -0.3 is 9.64 Å². The van der Waals surface area contributed by atoms with Crippen LogP contribution in [0.15, 0.2) is 53.5 Å². The Balaban J connectivity index is 0.00000243. The number of benzene rings is 2. The Morgan fingerprint density at radius 1 is 1.19 bits per heavy atom. The van der Waals surface area contributed by atoms with Gasteiger partial charge in [0.2, 0.25) is 0 Å². The molecule has 0 unspecified atom stereocenters. The fourth-order valence-electron chi connectivity index (χ4n) is 2.92. The molecule has 2 aromatic carbocycles. The summed E-state index contributed by atoms with van der Waals surface area (Å²) in [5, 5.41) is 0. The van der Waals surface area contributed by atoms with E-state index >= 15 is 0 Å².